The first-order chi connectivity index (χ1) is 15.6. The molecule has 9 nitrogen and oxygen atoms in total. The monoisotopic (exact) mass is 439 g/mol. The number of nitrogens with zero attached hydrogens (tertiary/aromatic N) is 3. The third-order valence-electron chi connectivity index (χ3n) is 4.86. The zero-order chi connectivity index (χ0) is 22.6. The van der Waals surface area contributed by atoms with Gasteiger partial charge in [0, 0.05) is 45.7 Å². The highest BCUT2D eigenvalue weighted by Crippen LogP contribution is 2.12. The summed E-state index contributed by atoms with van der Waals surface area (Å²) in [4.78, 5) is 39.3. The summed E-state index contributed by atoms with van der Waals surface area (Å²) >= 11 is 0. The largest absolute Gasteiger partial charge is 0.367 e. The summed E-state index contributed by atoms with van der Waals surface area (Å²) in [6.07, 6.45) is 8.43. The molecule has 1 fully saturated rings. The summed E-state index contributed by atoms with van der Waals surface area (Å²) in [7, 11) is 0. The Morgan fingerprint density at radius 1 is 1.22 bits per heavy atom. The number of ether oxygens (including phenoxy) is 1. The van der Waals surface area contributed by atoms with Crippen LogP contribution in [0.5, 0.6) is 0 Å². The van der Waals surface area contributed by atoms with Crippen LogP contribution in [0.15, 0.2) is 48.8 Å². The van der Waals surface area contributed by atoms with Crippen LogP contribution in [0.3, 0.4) is 0 Å². The Morgan fingerprint density at radius 2 is 2.06 bits per heavy atom. The lowest BCUT2D eigenvalue weighted by Crippen LogP contribution is -2.32. The van der Waals surface area contributed by atoms with Gasteiger partial charge in [-0.1, -0.05) is 30.3 Å². The van der Waals surface area contributed by atoms with Gasteiger partial charge in [0.1, 0.15) is 5.82 Å². The number of rotatable bonds is 10. The second-order valence-corrected chi connectivity index (χ2v) is 7.39. The molecule has 3 rings (SSSR count). The summed E-state index contributed by atoms with van der Waals surface area (Å²) in [5.74, 6) is 0.207. The van der Waals surface area contributed by atoms with E-state index in [1.165, 1.54) is 6.08 Å². The first-order valence-corrected chi connectivity index (χ1v) is 10.7. The highest BCUT2D eigenvalue weighted by atomic mass is 16.8. The SMILES string of the molecule is CC(=O)N(CCNc1cnc(C=CC(=O)NOC2CCCCO2)cn1)Cc1ccccc1. The third-order valence-corrected chi connectivity index (χ3v) is 4.86. The molecule has 0 saturated carbocycles. The standard InChI is InChI=1S/C23H29N5O4/c1-18(29)28(17-19-7-3-2-4-8-19)13-12-24-21-16-25-20(15-26-21)10-11-22(30)27-32-23-9-5-6-14-31-23/h2-4,7-8,10-11,15-16,23H,5-6,9,12-14,17H2,1H3,(H,24,26)(H,27,30). The molecule has 1 aliphatic heterocycles. The predicted octanol–water partition coefficient (Wildman–Crippen LogP) is 2.52. The number of amides is 2. The zero-order valence-electron chi connectivity index (χ0n) is 18.2. The third kappa shape index (κ3) is 8.09. The van der Waals surface area contributed by atoms with Gasteiger partial charge in [-0.05, 0) is 24.5 Å². The summed E-state index contributed by atoms with van der Waals surface area (Å²) in [5, 5.41) is 3.16. The van der Waals surface area contributed by atoms with Crippen LogP contribution in [0.4, 0.5) is 5.82 Å². The lowest BCUT2D eigenvalue weighted by Gasteiger charge is -2.21. The van der Waals surface area contributed by atoms with E-state index in [9.17, 15) is 9.59 Å². The Morgan fingerprint density at radius 3 is 2.75 bits per heavy atom. The smallest absolute Gasteiger partial charge is 0.267 e. The fraction of sp³-hybridized carbons (Fsp3) is 0.391. The van der Waals surface area contributed by atoms with Gasteiger partial charge in [0.2, 0.25) is 5.91 Å². The van der Waals surface area contributed by atoms with E-state index in [-0.39, 0.29) is 5.91 Å². The molecule has 0 bridgehead atoms. The van der Waals surface area contributed by atoms with Gasteiger partial charge in [0.05, 0.1) is 18.1 Å². The van der Waals surface area contributed by atoms with Crippen molar-refractivity contribution in [3.63, 3.8) is 0 Å². The molecule has 2 N–H and O–H groups in total. The van der Waals surface area contributed by atoms with Gasteiger partial charge < -0.3 is 15.0 Å². The van der Waals surface area contributed by atoms with Crippen LogP contribution < -0.4 is 10.8 Å². The fourth-order valence-corrected chi connectivity index (χ4v) is 3.11. The molecule has 1 aromatic carbocycles. The van der Waals surface area contributed by atoms with Crippen molar-refractivity contribution < 1.29 is 19.2 Å². The minimum Gasteiger partial charge on any atom is -0.367 e. The normalized spacial score (nSPS) is 16.0. The fourth-order valence-electron chi connectivity index (χ4n) is 3.11. The first kappa shape index (κ1) is 23.4. The first-order valence-electron chi connectivity index (χ1n) is 10.7. The van der Waals surface area contributed by atoms with Crippen LogP contribution in [0.2, 0.25) is 0 Å². The number of aromatic nitrogens is 2. The number of carbonyl (C=O) groups is 2. The van der Waals surface area contributed by atoms with Crippen molar-refractivity contribution >= 4 is 23.7 Å². The Labute approximate surface area is 187 Å². The minimum atomic E-state index is -0.397. The van der Waals surface area contributed by atoms with E-state index < -0.39 is 12.2 Å². The molecule has 170 valence electrons. The maximum absolute atomic E-state index is 11.9. The number of anilines is 1. The molecular weight excluding hydrogens is 410 g/mol. The quantitative estimate of drug-likeness (QED) is 0.433. The zero-order valence-corrected chi connectivity index (χ0v) is 18.2. The molecular formula is C23H29N5O4. The van der Waals surface area contributed by atoms with Gasteiger partial charge in [0.15, 0.2) is 6.29 Å². The molecule has 1 saturated heterocycles. The lowest BCUT2D eigenvalue weighted by atomic mass is 10.2. The summed E-state index contributed by atoms with van der Waals surface area (Å²) in [5.41, 5.74) is 3.97. The van der Waals surface area contributed by atoms with Gasteiger partial charge >= 0.3 is 0 Å². The molecule has 0 radical (unpaired) electrons. The van der Waals surface area contributed by atoms with E-state index in [0.717, 1.165) is 24.8 Å². The van der Waals surface area contributed by atoms with E-state index in [1.54, 1.807) is 30.3 Å². The number of hydroxylamine groups is 1. The van der Waals surface area contributed by atoms with E-state index in [2.05, 4.69) is 20.8 Å². The lowest BCUT2D eigenvalue weighted by molar-refractivity contribution is -0.198. The Balaban J connectivity index is 1.40. The van der Waals surface area contributed by atoms with Gasteiger partial charge in [-0.25, -0.2) is 15.3 Å². The van der Waals surface area contributed by atoms with Gasteiger partial charge in [0.25, 0.3) is 5.91 Å². The van der Waals surface area contributed by atoms with E-state index in [4.69, 9.17) is 9.57 Å². The van der Waals surface area contributed by atoms with Gasteiger partial charge in [-0.3, -0.25) is 14.6 Å². The second kappa shape index (κ2) is 12.5. The van der Waals surface area contributed by atoms with Crippen LogP contribution in [-0.2, 0) is 25.7 Å². The van der Waals surface area contributed by atoms with E-state index >= 15 is 0 Å². The summed E-state index contributed by atoms with van der Waals surface area (Å²) < 4.78 is 5.38. The van der Waals surface area contributed by atoms with Crippen molar-refractivity contribution in [1.29, 1.82) is 0 Å². The minimum absolute atomic E-state index is 0.0135. The number of carbonyl (C=O) groups excluding carboxylic acids is 2. The van der Waals surface area contributed by atoms with Crippen LogP contribution >= 0.6 is 0 Å². The number of nitrogens with one attached hydrogen (secondary N) is 2. The van der Waals surface area contributed by atoms with Crippen molar-refractivity contribution in [2.45, 2.75) is 39.0 Å². The van der Waals surface area contributed by atoms with E-state index in [0.29, 0.717) is 37.8 Å². The molecule has 2 amide bonds. The number of hydrogen-bond donors (Lipinski definition) is 2. The van der Waals surface area contributed by atoms with Gasteiger partial charge in [-0.2, -0.15) is 0 Å². The molecule has 1 aromatic heterocycles. The molecule has 2 aromatic rings. The van der Waals surface area contributed by atoms with Crippen molar-refractivity contribution in [2.24, 2.45) is 0 Å². The molecule has 9 heteroatoms. The molecule has 1 unspecified atom stereocenters. The molecule has 1 atom stereocenters. The molecule has 0 spiro atoms. The van der Waals surface area contributed by atoms with Crippen LogP contribution in [-0.4, -0.2) is 52.7 Å². The van der Waals surface area contributed by atoms with Crippen LogP contribution in [0, 0.1) is 0 Å². The Bertz CT molecular complexity index is 883. The number of benzene rings is 1. The maximum Gasteiger partial charge on any atom is 0.267 e. The van der Waals surface area contributed by atoms with E-state index in [1.807, 2.05) is 30.3 Å². The molecule has 1 aliphatic rings. The van der Waals surface area contributed by atoms with Crippen molar-refractivity contribution in [1.82, 2.24) is 20.3 Å². The topological polar surface area (TPSA) is 106 Å². The average molecular weight is 440 g/mol. The molecule has 0 aliphatic carbocycles. The van der Waals surface area contributed by atoms with Crippen molar-refractivity contribution in [2.75, 3.05) is 25.0 Å². The van der Waals surface area contributed by atoms with Crippen LogP contribution in [0.1, 0.15) is 37.4 Å². The highest BCUT2D eigenvalue weighted by Gasteiger charge is 2.15. The maximum atomic E-state index is 11.9. The Kier molecular flexibility index (Phi) is 9.15. The molecule has 32 heavy (non-hydrogen) atoms. The van der Waals surface area contributed by atoms with Crippen LogP contribution in [0.25, 0.3) is 6.08 Å². The Hall–Kier alpha value is -3.30. The number of hydrogen-bond acceptors (Lipinski definition) is 7. The van der Waals surface area contributed by atoms with Gasteiger partial charge in [-0.15, -0.1) is 0 Å². The molecule has 2 heterocycles. The van der Waals surface area contributed by atoms with Crippen molar-refractivity contribution in [3.05, 3.63) is 60.1 Å². The summed E-state index contributed by atoms with van der Waals surface area (Å²) in [6.45, 7) is 3.85. The highest BCUT2D eigenvalue weighted by molar-refractivity contribution is 5.90. The van der Waals surface area contributed by atoms with Crippen molar-refractivity contribution in [3.8, 4) is 0 Å². The second-order valence-electron chi connectivity index (χ2n) is 7.39. The summed E-state index contributed by atoms with van der Waals surface area (Å²) in [6, 6.07) is 9.86. The predicted molar refractivity (Wildman–Crippen MR) is 120 cm³/mol. The average Bonchev–Trinajstić information content (AvgIpc) is 2.83.